The van der Waals surface area contributed by atoms with Crippen LogP contribution in [0.1, 0.15) is 134 Å². The maximum absolute atomic E-state index is 11.9. The molecule has 2 aromatic carbocycles. The van der Waals surface area contributed by atoms with Gasteiger partial charge in [0.05, 0.1) is 25.4 Å². The van der Waals surface area contributed by atoms with Crippen molar-refractivity contribution >= 4 is 23.2 Å². The van der Waals surface area contributed by atoms with E-state index < -0.39 is 11.6 Å². The first-order valence-electron chi connectivity index (χ1n) is 18.3. The van der Waals surface area contributed by atoms with Crippen LogP contribution in [0, 0.1) is 21.7 Å². The van der Waals surface area contributed by atoms with Crippen LogP contribution < -0.4 is 10.1 Å². The van der Waals surface area contributed by atoms with E-state index >= 15 is 0 Å². The fourth-order valence-electron chi connectivity index (χ4n) is 3.36. The summed E-state index contributed by atoms with van der Waals surface area (Å²) in [6, 6.07) is 16.1. The molecule has 0 aliphatic carbocycles. The smallest absolute Gasteiger partial charge is 0.407 e. The van der Waals surface area contributed by atoms with Gasteiger partial charge < -0.3 is 24.6 Å². The van der Waals surface area contributed by atoms with Gasteiger partial charge in [-0.25, -0.2) is 9.59 Å². The van der Waals surface area contributed by atoms with Crippen LogP contribution in [0.15, 0.2) is 73.8 Å². The molecule has 0 saturated carbocycles. The number of allylic oxidation sites excluding steroid dienone is 2. The Kier molecular flexibility index (Phi) is 21.7. The first-order chi connectivity index (χ1) is 23.8. The Balaban J connectivity index is 0. The largest absolute Gasteiger partial charge is 0.493 e. The van der Waals surface area contributed by atoms with E-state index in [-0.39, 0.29) is 34.2 Å². The predicted molar refractivity (Wildman–Crippen MR) is 226 cm³/mol. The lowest BCUT2D eigenvalue weighted by Gasteiger charge is -2.28. The van der Waals surface area contributed by atoms with Gasteiger partial charge in [0.1, 0.15) is 5.75 Å². The van der Waals surface area contributed by atoms with E-state index in [1.165, 1.54) is 0 Å². The number of nitrogens with one attached hydrogen (secondary N) is 1. The maximum atomic E-state index is 11.9. The molecule has 0 bridgehead atoms. The molecular weight excluding hydrogens is 663 g/mol. The number of esters is 1. The number of benzene rings is 2. The number of carbonyl (C=O) groups is 2. The Bertz CT molecular complexity index is 1440. The van der Waals surface area contributed by atoms with Gasteiger partial charge >= 0.3 is 12.1 Å². The predicted octanol–water partition coefficient (Wildman–Crippen LogP) is 12.0. The van der Waals surface area contributed by atoms with Crippen molar-refractivity contribution in [3.63, 3.8) is 0 Å². The second kappa shape index (κ2) is 22.4. The second-order valence-electron chi connectivity index (χ2n) is 19.0. The quantitative estimate of drug-likeness (QED) is 0.197. The fraction of sp³-hybridized carbons (Fsp3) is 0.565. The van der Waals surface area contributed by atoms with Gasteiger partial charge in [-0.05, 0) is 91.2 Å². The number of aliphatic hydroxyl groups excluding tert-OH is 1. The zero-order valence-electron chi connectivity index (χ0n) is 36.6. The summed E-state index contributed by atoms with van der Waals surface area (Å²) in [4.78, 5) is 22.8. The number of carbonyl (C=O) groups excluding carboxylic acids is 2. The minimum Gasteiger partial charge on any atom is -0.493 e. The highest BCUT2D eigenvalue weighted by Gasteiger charge is 2.25. The van der Waals surface area contributed by atoms with Gasteiger partial charge in [0.25, 0.3) is 0 Å². The van der Waals surface area contributed by atoms with Crippen molar-refractivity contribution in [1.29, 1.82) is 0 Å². The van der Waals surface area contributed by atoms with Gasteiger partial charge in [-0.3, -0.25) is 0 Å². The number of aliphatic hydroxyl groups is 1. The molecule has 0 fully saturated rings. The SMILES string of the molecule is C=C(C)C(=O)OCC(C)(C)C.C=C(C)c1ccc(OCC(C)(C)C)cc1.C=C(C)c1cccc(C(C)(C)NC(=O)OCC(C)(C)C)c1.CC(C)(C)CO. The molecule has 7 nitrogen and oxygen atoms in total. The third kappa shape index (κ3) is 28.4. The third-order valence-electron chi connectivity index (χ3n) is 6.61. The summed E-state index contributed by atoms with van der Waals surface area (Å²) in [5.41, 5.74) is 5.59. The molecule has 0 aliphatic rings. The molecule has 2 N–H and O–H groups in total. The molecule has 2 aromatic rings. The van der Waals surface area contributed by atoms with Crippen molar-refractivity contribution in [1.82, 2.24) is 5.32 Å². The van der Waals surface area contributed by atoms with E-state index in [1.54, 1.807) is 6.92 Å². The van der Waals surface area contributed by atoms with Crippen LogP contribution >= 0.6 is 0 Å². The summed E-state index contributed by atoms with van der Waals surface area (Å²) in [6.45, 7) is 47.3. The van der Waals surface area contributed by atoms with Crippen molar-refractivity contribution in [2.45, 2.75) is 123 Å². The summed E-state index contributed by atoms with van der Waals surface area (Å²) in [7, 11) is 0. The molecule has 0 aromatic heterocycles. The number of hydrogen-bond acceptors (Lipinski definition) is 6. The van der Waals surface area contributed by atoms with Gasteiger partial charge in [0, 0.05) is 12.2 Å². The second-order valence-corrected chi connectivity index (χ2v) is 19.0. The zero-order chi connectivity index (χ0) is 42.0. The van der Waals surface area contributed by atoms with E-state index in [1.807, 2.05) is 139 Å². The molecule has 0 heterocycles. The molecule has 1 amide bonds. The van der Waals surface area contributed by atoms with Crippen LogP contribution in [0.3, 0.4) is 0 Å². The Morgan fingerprint density at radius 2 is 1.06 bits per heavy atom. The van der Waals surface area contributed by atoms with Crippen molar-refractivity contribution in [2.75, 3.05) is 26.4 Å². The lowest BCUT2D eigenvalue weighted by atomic mass is 9.92. The summed E-state index contributed by atoms with van der Waals surface area (Å²) in [5.74, 6) is 0.620. The van der Waals surface area contributed by atoms with Gasteiger partial charge in [-0.15, -0.1) is 0 Å². The highest BCUT2D eigenvalue weighted by molar-refractivity contribution is 5.86. The summed E-state index contributed by atoms with van der Waals surface area (Å²) < 4.78 is 15.9. The Morgan fingerprint density at radius 3 is 1.43 bits per heavy atom. The average molecular weight is 738 g/mol. The minimum atomic E-state index is -0.500. The Hall–Kier alpha value is -3.84. The molecular formula is C46H75NO6. The number of rotatable bonds is 9. The molecule has 53 heavy (non-hydrogen) atoms. The summed E-state index contributed by atoms with van der Waals surface area (Å²) >= 11 is 0. The van der Waals surface area contributed by atoms with E-state index in [9.17, 15) is 9.59 Å². The first-order valence-corrected chi connectivity index (χ1v) is 18.3. The molecule has 0 aliphatic heterocycles. The van der Waals surface area contributed by atoms with Crippen LogP contribution in [-0.4, -0.2) is 43.6 Å². The number of alkyl carbamates (subject to hydrolysis) is 1. The van der Waals surface area contributed by atoms with Crippen molar-refractivity contribution in [2.24, 2.45) is 21.7 Å². The van der Waals surface area contributed by atoms with E-state index in [0.29, 0.717) is 18.8 Å². The number of amides is 1. The first kappa shape index (κ1) is 51.3. The molecule has 0 radical (unpaired) electrons. The molecule has 7 heteroatoms. The van der Waals surface area contributed by atoms with E-state index in [2.05, 4.69) is 45.8 Å². The molecule has 2 rings (SSSR count). The molecule has 0 unspecified atom stereocenters. The van der Waals surface area contributed by atoms with Crippen molar-refractivity contribution < 1.29 is 28.9 Å². The van der Waals surface area contributed by atoms with E-state index in [0.717, 1.165) is 40.2 Å². The third-order valence-corrected chi connectivity index (χ3v) is 6.61. The normalized spacial score (nSPS) is 11.5. The lowest BCUT2D eigenvalue weighted by molar-refractivity contribution is -0.141. The van der Waals surface area contributed by atoms with Crippen LogP contribution in [0.2, 0.25) is 0 Å². The van der Waals surface area contributed by atoms with Crippen LogP contribution in [-0.2, 0) is 19.8 Å². The van der Waals surface area contributed by atoms with Crippen molar-refractivity contribution in [3.05, 3.63) is 90.5 Å². The lowest BCUT2D eigenvalue weighted by Crippen LogP contribution is -2.42. The Labute approximate surface area is 324 Å². The molecule has 0 saturated heterocycles. The molecule has 300 valence electrons. The van der Waals surface area contributed by atoms with Gasteiger partial charge in [-0.1, -0.05) is 144 Å². The monoisotopic (exact) mass is 738 g/mol. The average Bonchev–Trinajstić information content (AvgIpc) is 3.01. The van der Waals surface area contributed by atoms with Crippen LogP contribution in [0.4, 0.5) is 4.79 Å². The standard InChI is InChI=1S/C18H27NO2.C14H20O.C9H16O2.C5H12O/c1-13(2)14-9-8-10-15(11-14)18(6,7)19-16(20)21-12-17(3,4)5;1-11(2)12-6-8-13(9-7-12)15-10-14(3,4)5;1-7(2)8(10)11-6-9(3,4)5;1-5(2,3)4-6/h8-11H,1,12H2,2-7H3,(H,19,20);6-9H,1,10H2,2-5H3;1,6H2,2-5H3;6H,4H2,1-3H3. The summed E-state index contributed by atoms with van der Waals surface area (Å²) in [5, 5.41) is 11.3. The van der Waals surface area contributed by atoms with Crippen molar-refractivity contribution in [3.8, 4) is 5.75 Å². The topological polar surface area (TPSA) is 94.1 Å². The Morgan fingerprint density at radius 1 is 0.623 bits per heavy atom. The number of hydrogen-bond donors (Lipinski definition) is 2. The van der Waals surface area contributed by atoms with Gasteiger partial charge in [0.2, 0.25) is 0 Å². The minimum absolute atomic E-state index is 0.0328. The van der Waals surface area contributed by atoms with E-state index in [4.69, 9.17) is 19.3 Å². The van der Waals surface area contributed by atoms with Crippen LogP contribution in [0.5, 0.6) is 5.75 Å². The highest BCUT2D eigenvalue weighted by atomic mass is 16.5. The molecule has 0 atom stereocenters. The highest BCUT2D eigenvalue weighted by Crippen LogP contribution is 2.24. The zero-order valence-corrected chi connectivity index (χ0v) is 36.6. The van der Waals surface area contributed by atoms with Gasteiger partial charge in [-0.2, -0.15) is 0 Å². The summed E-state index contributed by atoms with van der Waals surface area (Å²) in [6.07, 6.45) is -0.393. The maximum Gasteiger partial charge on any atom is 0.407 e. The van der Waals surface area contributed by atoms with Gasteiger partial charge in [0.15, 0.2) is 0 Å². The van der Waals surface area contributed by atoms with Crippen LogP contribution in [0.25, 0.3) is 11.1 Å². The fourth-order valence-corrected chi connectivity index (χ4v) is 3.36. The molecule has 0 spiro atoms. The number of ether oxygens (including phenoxy) is 3.